The predicted molar refractivity (Wildman–Crippen MR) is 503 cm³/mol. The number of hydrogen-bond donors (Lipinski definition) is 9. The second-order valence-corrected chi connectivity index (χ2v) is 37.7. The maximum absolute atomic E-state index is 14.0. The maximum atomic E-state index is 14.0. The number of carboxylic acids is 2. The molecule has 7 aromatic carbocycles. The Bertz CT molecular complexity index is 5370. The van der Waals surface area contributed by atoms with Crippen LogP contribution in [0.15, 0.2) is 224 Å². The third-order valence-electron chi connectivity index (χ3n) is 28.4. The number of Topliss-reactive ketones (excluding diaryl/α,β-unsaturated/α-hetero) is 2. The molecule has 0 spiro atoms. The number of para-hydroxylation sites is 2. The molecule has 15 rings (SSSR count). The summed E-state index contributed by atoms with van der Waals surface area (Å²) in [5, 5.41) is 99.3. The van der Waals surface area contributed by atoms with Crippen molar-refractivity contribution < 1.29 is 119 Å². The average Bonchev–Trinajstić information content (AvgIpc) is 1.48. The minimum atomic E-state index is -1.62. The standard InChI is InChI=1S/2C33H35FN2O5.C21H26O5.C20H30NO3.BrH.Ca/c2*1-21(2)31-30(33(41)35-25-11-7-4-8-12-25)29(22-9-5-3-6-10-22)32(23-13-15-24(34)16-14-23)36(31)18-17-26(37)19-27(38)20-28(39)40;1-19-7-5-13(23)9-12(19)3-4-14-15-6-8-21(26,17(25)11-22)20(15,2)10-16(24)18(14)19;1-14(2)21(3)16-9-10-17(21)12-18(11-16)24-20(23)19(13-22)15-7-5-4-6-8-15;;/h2*3-16,21,26-27,37-38H,17-20H2,1-2H3,(H,35,41)(H,39,40);5,7,9,14-15,18,22,26H,3-4,6,8,10-11H2,1-2H3;4-8,14,16-19,22H,9-13H2,1-3H3;1H;/q;;;+1;;+2/p-3/t2*26-,27-;14-,15-,18+,19-,20-,21-;16-,17+,18?,19?,21?;;/m110.../s1. The van der Waals surface area contributed by atoms with Crippen LogP contribution in [0.1, 0.15) is 207 Å². The van der Waals surface area contributed by atoms with E-state index >= 15 is 0 Å². The zero-order valence-corrected chi connectivity index (χ0v) is 81.4. The molecule has 2 amide bonds. The van der Waals surface area contributed by atoms with Gasteiger partial charge in [0.05, 0.1) is 78.7 Å². The summed E-state index contributed by atoms with van der Waals surface area (Å²) in [6.45, 7) is 16.0. The first-order valence-electron chi connectivity index (χ1n) is 46.0. The van der Waals surface area contributed by atoms with Crippen molar-refractivity contribution >= 4 is 96.2 Å². The number of carbonyl (C=O) groups is 8. The number of aromatic nitrogens is 2. The van der Waals surface area contributed by atoms with E-state index in [1.165, 1.54) is 37.1 Å². The smallest absolute Gasteiger partial charge is 1.00 e. The Morgan fingerprint density at radius 2 is 0.985 bits per heavy atom. The zero-order valence-electron chi connectivity index (χ0n) is 77.6. The summed E-state index contributed by atoms with van der Waals surface area (Å²) in [7, 11) is 2.37. The van der Waals surface area contributed by atoms with Crippen molar-refractivity contribution in [2.45, 2.75) is 237 Å². The third kappa shape index (κ3) is 23.9. The van der Waals surface area contributed by atoms with Gasteiger partial charge in [-0.15, -0.1) is 0 Å². The van der Waals surface area contributed by atoms with Gasteiger partial charge in [0.25, 0.3) is 11.8 Å². The van der Waals surface area contributed by atoms with Crippen molar-refractivity contribution in [1.29, 1.82) is 0 Å². The van der Waals surface area contributed by atoms with E-state index in [4.69, 9.17) is 4.74 Å². The molecule has 3 unspecified atom stereocenters. The van der Waals surface area contributed by atoms with Gasteiger partial charge in [0.1, 0.15) is 41.6 Å². The van der Waals surface area contributed by atoms with Crippen molar-refractivity contribution in [1.82, 2.24) is 9.13 Å². The van der Waals surface area contributed by atoms with Crippen LogP contribution in [0.25, 0.3) is 44.8 Å². The molecule has 15 atom stereocenters. The minimum Gasteiger partial charge on any atom is -1.00 e. The first-order chi connectivity index (χ1) is 62.9. The average molecular weight is 1930 g/mol. The molecule has 23 nitrogen and oxygen atoms in total. The summed E-state index contributed by atoms with van der Waals surface area (Å²) in [4.78, 5) is 99.8. The van der Waals surface area contributed by atoms with Gasteiger partial charge in [0.15, 0.2) is 11.6 Å². The van der Waals surface area contributed by atoms with E-state index in [0.29, 0.717) is 87.1 Å². The first-order valence-corrected chi connectivity index (χ1v) is 46.0. The van der Waals surface area contributed by atoms with Gasteiger partial charge in [-0.05, 0) is 202 Å². The van der Waals surface area contributed by atoms with Crippen molar-refractivity contribution in [3.63, 3.8) is 0 Å². The summed E-state index contributed by atoms with van der Waals surface area (Å²) in [6, 6.07) is 60.6. The molecule has 9 N–H and O–H groups in total. The number of nitrogens with one attached hydrogen (secondary N) is 2. The number of hydrogen-bond acceptors (Lipinski definition) is 18. The molecule has 5 fully saturated rings. The number of piperidine rings is 1. The molecule has 2 aromatic heterocycles. The van der Waals surface area contributed by atoms with E-state index in [-0.39, 0.29) is 172 Å². The Balaban J connectivity index is 0.000000189. The molecule has 2 bridgehead atoms. The number of carbonyl (C=O) groups excluding carboxylic acids is 8. The molecule has 708 valence electrons. The van der Waals surface area contributed by atoms with Crippen LogP contribution < -0.4 is 37.8 Å². The van der Waals surface area contributed by atoms with Crippen molar-refractivity contribution in [2.75, 3.05) is 30.9 Å². The van der Waals surface area contributed by atoms with Gasteiger partial charge in [-0.1, -0.05) is 181 Å². The number of rotatable bonds is 31. The number of nitrogens with zero attached hydrogens (tertiary/aromatic N) is 3. The van der Waals surface area contributed by atoms with Crippen molar-refractivity contribution in [3.05, 3.63) is 264 Å². The topological polar surface area (TPSA) is 367 Å². The monoisotopic (exact) mass is 1920 g/mol. The number of fused-ring (bicyclic) bond motifs is 7. The fourth-order valence-corrected chi connectivity index (χ4v) is 21.8. The van der Waals surface area contributed by atoms with Crippen LogP contribution in [-0.2, 0) is 46.6 Å². The van der Waals surface area contributed by atoms with Gasteiger partial charge in [0, 0.05) is 121 Å². The molecule has 4 heterocycles. The first kappa shape index (κ1) is 106. The summed E-state index contributed by atoms with van der Waals surface area (Å²) in [5.41, 5.74) is 8.40. The normalized spacial score (nSPS) is 22.9. The minimum absolute atomic E-state index is 0. The molecule has 6 aliphatic rings. The van der Waals surface area contributed by atoms with Crippen LogP contribution in [0, 0.1) is 40.2 Å². The second kappa shape index (κ2) is 46.8. The van der Waals surface area contributed by atoms with Crippen molar-refractivity contribution in [2.24, 2.45) is 28.6 Å². The van der Waals surface area contributed by atoms with Crippen LogP contribution >= 0.6 is 0 Å². The molecule has 27 heteroatoms. The number of benzene rings is 7. The number of halogens is 3. The number of ketones is 3. The van der Waals surface area contributed by atoms with Crippen LogP contribution in [-0.4, -0.2) is 209 Å². The Morgan fingerprint density at radius 3 is 1.38 bits per heavy atom. The second-order valence-electron chi connectivity index (χ2n) is 37.7. The number of carboxylic acid groups (broad SMARTS) is 2. The Morgan fingerprint density at radius 1 is 0.567 bits per heavy atom. The van der Waals surface area contributed by atoms with Crippen LogP contribution in [0.2, 0.25) is 0 Å². The Kier molecular flexibility index (Phi) is 37.2. The van der Waals surface area contributed by atoms with Gasteiger partial charge in [-0.25, -0.2) is 8.78 Å². The molecule has 2 saturated heterocycles. The molecular formula is C107H124BrCaF2N5O18. The summed E-state index contributed by atoms with van der Waals surface area (Å²) in [5.74, 6) is -5.86. The van der Waals surface area contributed by atoms with E-state index in [1.807, 2.05) is 184 Å². The van der Waals surface area contributed by atoms with Crippen LogP contribution in [0.5, 0.6) is 0 Å². The fourth-order valence-electron chi connectivity index (χ4n) is 21.8. The number of aliphatic hydroxyl groups is 7. The fraction of sp³-hybridized carbons (Fsp3) is 0.421. The van der Waals surface area contributed by atoms with E-state index in [1.54, 1.807) is 60.7 Å². The van der Waals surface area contributed by atoms with Crippen molar-refractivity contribution in [3.8, 4) is 44.8 Å². The number of esters is 1. The molecule has 4 aliphatic carbocycles. The van der Waals surface area contributed by atoms with Gasteiger partial charge >= 0.3 is 43.7 Å². The summed E-state index contributed by atoms with van der Waals surface area (Å²) >= 11 is 0. The number of ether oxygens (including phenoxy) is 1. The molecule has 0 radical (unpaired) electrons. The van der Waals surface area contributed by atoms with Gasteiger partial charge in [-0.2, -0.15) is 0 Å². The molecule has 2 aliphatic heterocycles. The molecule has 9 aromatic rings. The Hall–Kier alpha value is -9.78. The van der Waals surface area contributed by atoms with E-state index in [9.17, 15) is 93.1 Å². The Labute approximate surface area is 823 Å². The molecule has 134 heavy (non-hydrogen) atoms. The van der Waals surface area contributed by atoms with Crippen LogP contribution in [0.3, 0.4) is 0 Å². The number of quaternary nitrogens is 1. The maximum Gasteiger partial charge on any atom is 2.00 e. The quantitative estimate of drug-likeness (QED) is 0.0111. The number of allylic oxidation sites excluding steroid dienone is 4. The molecular weight excluding hydrogens is 1800 g/mol. The summed E-state index contributed by atoms with van der Waals surface area (Å²) in [6.07, 6.45) is 6.64. The predicted octanol–water partition coefficient (Wildman–Crippen LogP) is 11.2. The van der Waals surface area contributed by atoms with Gasteiger partial charge in [0.2, 0.25) is 0 Å². The summed E-state index contributed by atoms with van der Waals surface area (Å²) < 4.78 is 38.9. The van der Waals surface area contributed by atoms with E-state index in [2.05, 4.69) is 31.5 Å². The van der Waals surface area contributed by atoms with Crippen LogP contribution in [0.4, 0.5) is 20.2 Å². The van der Waals surface area contributed by atoms with E-state index < -0.39 is 95.6 Å². The SMILES string of the molecule is CC(C)[N+]1(C)[C@@H]2CC[C@H]1CC(OC(=O)C(CO)c1ccccc1)C2.CC(C)c1c(C(=O)Nc2ccccc2)c(-c2ccccc2)c(-c2ccc(F)cc2)n1CC[C@@H](O)C[C@@H](O)CC(=O)[O-].CC(C)c1c(C(=O)Nc2ccccc2)c(-c2ccccc2)c(-c2ccc(F)cc2)n1CC[C@@H](O)C[C@@H](O)CC(=O)[O-].C[C@]12C=CC(=O)C=C1CC[C@@H]1[C@@H]2C(=O)C[C@@]2(C)[C@H]1CC[C@]2(O)C(=O)CO.[Br-].[Ca+2]. The van der Waals surface area contributed by atoms with Gasteiger partial charge in [-0.3, -0.25) is 28.8 Å². The molecule has 3 saturated carbocycles. The zero-order chi connectivity index (χ0) is 95.3. The van der Waals surface area contributed by atoms with E-state index in [0.717, 1.165) is 63.8 Å². The number of aliphatic carboxylic acids is 2. The number of amides is 2. The largest absolute Gasteiger partial charge is 2.00 e. The van der Waals surface area contributed by atoms with Gasteiger partial charge < -0.3 is 102 Å². The number of anilines is 2. The third-order valence-corrected chi connectivity index (χ3v) is 28.4. The number of aliphatic hydroxyl groups excluding tert-OH is 6.